The normalized spacial score (nSPS) is 19.1. The van der Waals surface area contributed by atoms with Crippen molar-refractivity contribution in [3.8, 4) is 0 Å². The van der Waals surface area contributed by atoms with E-state index in [-0.39, 0.29) is 11.3 Å². The van der Waals surface area contributed by atoms with Gasteiger partial charge in [-0.2, -0.15) is 0 Å². The number of nitrogens with zero attached hydrogens (tertiary/aromatic N) is 2. The number of aliphatic hydroxyl groups is 1. The van der Waals surface area contributed by atoms with Crippen LogP contribution in [0.15, 0.2) is 60.3 Å². The number of ketones is 1. The molecule has 5 heteroatoms. The highest BCUT2D eigenvalue weighted by atomic mass is 16.3. The minimum Gasteiger partial charge on any atom is -0.507 e. The number of aromatic nitrogens is 1. The van der Waals surface area contributed by atoms with Crippen LogP contribution in [0.3, 0.4) is 0 Å². The van der Waals surface area contributed by atoms with E-state index in [2.05, 4.69) is 11.9 Å². The molecule has 1 aliphatic rings. The number of unbranched alkanes of at least 4 members (excludes halogenated alkanes) is 2. The molecule has 134 valence electrons. The molecule has 5 nitrogen and oxygen atoms in total. The van der Waals surface area contributed by atoms with Gasteiger partial charge in [0.05, 0.1) is 11.3 Å². The Labute approximate surface area is 153 Å². The molecule has 1 atom stereocenters. The zero-order valence-corrected chi connectivity index (χ0v) is 14.8. The first kappa shape index (κ1) is 17.9. The number of carbonyl (C=O) groups excluding carboxylic acids is 2. The molecule has 0 bridgehead atoms. The summed E-state index contributed by atoms with van der Waals surface area (Å²) in [5.41, 5.74) is 1.21. The molecule has 2 heterocycles. The SMILES string of the molecule is CCCCCN1C(=O)C(=O)/C(=C(\O)c2ccccc2)C1c1ccccn1. The first-order valence-electron chi connectivity index (χ1n) is 8.90. The van der Waals surface area contributed by atoms with E-state index in [1.165, 1.54) is 4.90 Å². The first-order valence-corrected chi connectivity index (χ1v) is 8.90. The Morgan fingerprint density at radius 3 is 2.46 bits per heavy atom. The second-order valence-electron chi connectivity index (χ2n) is 6.32. The molecular weight excluding hydrogens is 328 g/mol. The van der Waals surface area contributed by atoms with Gasteiger partial charge in [-0.05, 0) is 18.6 Å². The molecule has 0 saturated carbocycles. The van der Waals surface area contributed by atoms with Gasteiger partial charge in [-0.3, -0.25) is 14.6 Å². The Hall–Kier alpha value is -2.95. The molecule has 1 unspecified atom stereocenters. The van der Waals surface area contributed by atoms with Gasteiger partial charge in [0, 0.05) is 18.3 Å². The summed E-state index contributed by atoms with van der Waals surface area (Å²) in [7, 11) is 0. The number of benzene rings is 1. The summed E-state index contributed by atoms with van der Waals surface area (Å²) in [5.74, 6) is -1.38. The van der Waals surface area contributed by atoms with Crippen LogP contribution in [0.1, 0.15) is 43.5 Å². The molecule has 2 aromatic rings. The molecule has 1 N–H and O–H groups in total. The number of pyridine rings is 1. The van der Waals surface area contributed by atoms with E-state index in [1.54, 1.807) is 42.6 Å². The quantitative estimate of drug-likeness (QED) is 0.373. The third-order valence-electron chi connectivity index (χ3n) is 4.56. The van der Waals surface area contributed by atoms with Crippen molar-refractivity contribution in [2.24, 2.45) is 0 Å². The number of hydrogen-bond donors (Lipinski definition) is 1. The fourth-order valence-electron chi connectivity index (χ4n) is 3.24. The fourth-order valence-corrected chi connectivity index (χ4v) is 3.24. The Kier molecular flexibility index (Phi) is 5.46. The molecule has 26 heavy (non-hydrogen) atoms. The second-order valence-corrected chi connectivity index (χ2v) is 6.32. The molecule has 1 saturated heterocycles. The van der Waals surface area contributed by atoms with Crippen LogP contribution in [0.5, 0.6) is 0 Å². The van der Waals surface area contributed by atoms with Gasteiger partial charge in [-0.25, -0.2) is 0 Å². The van der Waals surface area contributed by atoms with E-state index in [1.807, 2.05) is 12.1 Å². The number of rotatable bonds is 6. The predicted octanol–water partition coefficient (Wildman–Crippen LogP) is 3.69. The van der Waals surface area contributed by atoms with Crippen molar-refractivity contribution in [2.75, 3.05) is 6.54 Å². The van der Waals surface area contributed by atoms with E-state index in [4.69, 9.17) is 0 Å². The monoisotopic (exact) mass is 350 g/mol. The van der Waals surface area contributed by atoms with Gasteiger partial charge in [0.1, 0.15) is 11.8 Å². The summed E-state index contributed by atoms with van der Waals surface area (Å²) in [6.45, 7) is 2.55. The van der Waals surface area contributed by atoms with Gasteiger partial charge in [0.15, 0.2) is 0 Å². The average Bonchev–Trinajstić information content (AvgIpc) is 2.94. The van der Waals surface area contributed by atoms with E-state index in [0.717, 1.165) is 19.3 Å². The summed E-state index contributed by atoms with van der Waals surface area (Å²) in [6.07, 6.45) is 4.42. The highest BCUT2D eigenvalue weighted by molar-refractivity contribution is 6.46. The molecule has 0 aliphatic carbocycles. The molecule has 1 fully saturated rings. The van der Waals surface area contributed by atoms with Crippen LogP contribution in [0.4, 0.5) is 0 Å². The molecule has 3 rings (SSSR count). The lowest BCUT2D eigenvalue weighted by atomic mass is 9.98. The van der Waals surface area contributed by atoms with Crippen molar-refractivity contribution in [1.82, 2.24) is 9.88 Å². The lowest BCUT2D eigenvalue weighted by Crippen LogP contribution is -2.31. The Bertz CT molecular complexity index is 816. The largest absolute Gasteiger partial charge is 0.507 e. The predicted molar refractivity (Wildman–Crippen MR) is 99.2 cm³/mol. The Morgan fingerprint density at radius 2 is 1.81 bits per heavy atom. The van der Waals surface area contributed by atoms with Crippen LogP contribution in [0.25, 0.3) is 5.76 Å². The van der Waals surface area contributed by atoms with E-state index in [9.17, 15) is 14.7 Å². The zero-order valence-electron chi connectivity index (χ0n) is 14.8. The Balaban J connectivity index is 2.09. The molecular formula is C21H22N2O3. The minimum atomic E-state index is -0.659. The summed E-state index contributed by atoms with van der Waals surface area (Å²) in [6, 6.07) is 13.5. The number of hydrogen-bond acceptors (Lipinski definition) is 4. The molecule has 1 aromatic heterocycles. The standard InChI is InChI=1S/C21H22N2O3/c1-2-3-9-14-23-18(16-12-7-8-13-22-16)17(20(25)21(23)26)19(24)15-10-5-4-6-11-15/h4-8,10-13,18,24H,2-3,9,14H2,1H3/b19-17-. The third-order valence-corrected chi connectivity index (χ3v) is 4.56. The second kappa shape index (κ2) is 7.95. The Morgan fingerprint density at radius 1 is 1.08 bits per heavy atom. The number of amides is 1. The van der Waals surface area contributed by atoms with E-state index < -0.39 is 17.7 Å². The van der Waals surface area contributed by atoms with Crippen molar-refractivity contribution in [3.05, 3.63) is 71.6 Å². The van der Waals surface area contributed by atoms with Crippen LogP contribution in [0.2, 0.25) is 0 Å². The third kappa shape index (κ3) is 3.38. The first-order chi connectivity index (χ1) is 12.6. The van der Waals surface area contributed by atoms with Crippen LogP contribution >= 0.6 is 0 Å². The number of likely N-dealkylation sites (tertiary alicyclic amines) is 1. The van der Waals surface area contributed by atoms with Crippen molar-refractivity contribution >= 4 is 17.4 Å². The molecule has 1 aliphatic heterocycles. The minimum absolute atomic E-state index is 0.108. The summed E-state index contributed by atoms with van der Waals surface area (Å²) >= 11 is 0. The highest BCUT2D eigenvalue weighted by Crippen LogP contribution is 2.38. The van der Waals surface area contributed by atoms with Crippen molar-refractivity contribution < 1.29 is 14.7 Å². The molecule has 1 aromatic carbocycles. The summed E-state index contributed by atoms with van der Waals surface area (Å²) in [4.78, 5) is 31.2. The summed E-state index contributed by atoms with van der Waals surface area (Å²) < 4.78 is 0. The maximum Gasteiger partial charge on any atom is 0.295 e. The van der Waals surface area contributed by atoms with Crippen LogP contribution in [-0.2, 0) is 9.59 Å². The smallest absolute Gasteiger partial charge is 0.295 e. The van der Waals surface area contributed by atoms with Gasteiger partial charge < -0.3 is 10.0 Å². The van der Waals surface area contributed by atoms with Crippen molar-refractivity contribution in [3.63, 3.8) is 0 Å². The topological polar surface area (TPSA) is 70.5 Å². The van der Waals surface area contributed by atoms with Gasteiger partial charge in [0.2, 0.25) is 0 Å². The molecule has 0 spiro atoms. The van der Waals surface area contributed by atoms with E-state index >= 15 is 0 Å². The molecule has 0 radical (unpaired) electrons. The van der Waals surface area contributed by atoms with Crippen LogP contribution in [-0.4, -0.2) is 33.2 Å². The average molecular weight is 350 g/mol. The number of carbonyl (C=O) groups is 2. The van der Waals surface area contributed by atoms with Gasteiger partial charge in [-0.15, -0.1) is 0 Å². The maximum absolute atomic E-state index is 12.7. The van der Waals surface area contributed by atoms with Crippen molar-refractivity contribution in [1.29, 1.82) is 0 Å². The van der Waals surface area contributed by atoms with E-state index in [0.29, 0.717) is 17.8 Å². The molecule has 1 amide bonds. The number of Topliss-reactive ketones (excluding diaryl/α,β-unsaturated/α-hetero) is 1. The zero-order chi connectivity index (χ0) is 18.5. The van der Waals surface area contributed by atoms with Gasteiger partial charge in [-0.1, -0.05) is 56.2 Å². The van der Waals surface area contributed by atoms with Crippen LogP contribution in [0, 0.1) is 0 Å². The number of aliphatic hydroxyl groups excluding tert-OH is 1. The lowest BCUT2D eigenvalue weighted by Gasteiger charge is -2.24. The van der Waals surface area contributed by atoms with Gasteiger partial charge in [0.25, 0.3) is 11.7 Å². The van der Waals surface area contributed by atoms with Crippen LogP contribution < -0.4 is 0 Å². The highest BCUT2D eigenvalue weighted by Gasteiger charge is 2.46. The lowest BCUT2D eigenvalue weighted by molar-refractivity contribution is -0.140. The summed E-state index contributed by atoms with van der Waals surface area (Å²) in [5, 5.41) is 10.8. The van der Waals surface area contributed by atoms with Gasteiger partial charge >= 0.3 is 0 Å². The maximum atomic E-state index is 12.7. The fraction of sp³-hybridized carbons (Fsp3) is 0.286. The van der Waals surface area contributed by atoms with Crippen molar-refractivity contribution in [2.45, 2.75) is 32.2 Å².